The van der Waals surface area contributed by atoms with E-state index in [1.165, 1.54) is 37.3 Å². The van der Waals surface area contributed by atoms with Gasteiger partial charge in [-0.15, -0.1) is 0 Å². The number of aliphatic hydroxyl groups excluding tert-OH is 2. The molecule has 1 aromatic carbocycles. The van der Waals surface area contributed by atoms with Crippen molar-refractivity contribution < 1.29 is 63.3 Å². The Hall–Kier alpha value is -4.24. The summed E-state index contributed by atoms with van der Waals surface area (Å²) in [5.41, 5.74) is -2.01. The number of hydrogen-bond acceptors (Lipinski definition) is 13. The molecule has 41 heavy (non-hydrogen) atoms. The number of aromatic hydroxyl groups is 1. The lowest BCUT2D eigenvalue weighted by Crippen LogP contribution is -2.61. The van der Waals surface area contributed by atoms with Crippen molar-refractivity contribution in [2.45, 2.75) is 63.0 Å². The predicted octanol–water partition coefficient (Wildman–Crippen LogP) is 0.264. The molecule has 1 aliphatic rings. The standard InChI is InChI=1S/C27H30O14/c1-14-24(17(29)9-10-37-14)41-26-23(35)25(40-20(32)8-5-15-3-6-16(28)7-4-15)22(34)18(39-26)13-38-21(33)12-27(2,36)11-19(30)31/h3-10,18,22-23,25-26,28,34-36H,11-13H2,1-2H3,(H,30,31)/b8-5+/t18-,22-,23-,25+,26+,27?/m1/s1. The molecule has 222 valence electrons. The summed E-state index contributed by atoms with van der Waals surface area (Å²) in [6, 6.07) is 6.89. The number of hydrogen-bond donors (Lipinski definition) is 5. The topological polar surface area (TPSA) is 219 Å². The number of ether oxygens (including phenoxy) is 4. The Balaban J connectivity index is 1.77. The number of benzene rings is 1. The zero-order chi connectivity index (χ0) is 30.3. The van der Waals surface area contributed by atoms with Crippen LogP contribution in [0.5, 0.6) is 11.5 Å². The molecule has 6 atom stereocenters. The van der Waals surface area contributed by atoms with Gasteiger partial charge in [-0.3, -0.25) is 14.4 Å². The number of carboxylic acid groups (broad SMARTS) is 1. The van der Waals surface area contributed by atoms with Crippen molar-refractivity contribution in [2.24, 2.45) is 0 Å². The average Bonchev–Trinajstić information content (AvgIpc) is 2.88. The van der Waals surface area contributed by atoms with Crippen molar-refractivity contribution in [1.29, 1.82) is 0 Å². The smallest absolute Gasteiger partial charge is 0.331 e. The van der Waals surface area contributed by atoms with E-state index in [4.69, 9.17) is 28.5 Å². The minimum absolute atomic E-state index is 0.0177. The minimum atomic E-state index is -1.92. The Morgan fingerprint density at radius 1 is 1.07 bits per heavy atom. The number of phenolic OH excluding ortho intramolecular Hbond substituents is 1. The number of carbonyl (C=O) groups excluding carboxylic acids is 2. The monoisotopic (exact) mass is 578 g/mol. The Labute approximate surface area is 233 Å². The molecular weight excluding hydrogens is 548 g/mol. The highest BCUT2D eigenvalue weighted by Crippen LogP contribution is 2.27. The maximum Gasteiger partial charge on any atom is 0.331 e. The molecule has 0 bridgehead atoms. The van der Waals surface area contributed by atoms with E-state index in [-0.39, 0.29) is 17.3 Å². The van der Waals surface area contributed by atoms with E-state index in [0.29, 0.717) is 5.56 Å². The van der Waals surface area contributed by atoms with Crippen molar-refractivity contribution >= 4 is 24.0 Å². The van der Waals surface area contributed by atoms with E-state index in [0.717, 1.165) is 25.3 Å². The molecule has 3 rings (SSSR count). The van der Waals surface area contributed by atoms with Crippen molar-refractivity contribution in [1.82, 2.24) is 0 Å². The van der Waals surface area contributed by atoms with Crippen LogP contribution in [0.25, 0.3) is 6.08 Å². The zero-order valence-corrected chi connectivity index (χ0v) is 22.0. The van der Waals surface area contributed by atoms with Crippen LogP contribution in [0, 0.1) is 6.92 Å². The summed E-state index contributed by atoms with van der Waals surface area (Å²) in [7, 11) is 0. The lowest BCUT2D eigenvalue weighted by Gasteiger charge is -2.41. The molecule has 14 heteroatoms. The molecular formula is C27H30O14. The Morgan fingerprint density at radius 3 is 2.39 bits per heavy atom. The predicted molar refractivity (Wildman–Crippen MR) is 136 cm³/mol. The summed E-state index contributed by atoms with van der Waals surface area (Å²) in [6.45, 7) is 1.85. The summed E-state index contributed by atoms with van der Waals surface area (Å²) < 4.78 is 26.5. The fraction of sp³-hybridized carbons (Fsp3) is 0.407. The molecule has 1 aromatic heterocycles. The van der Waals surface area contributed by atoms with Crippen molar-refractivity contribution in [3.63, 3.8) is 0 Å². The van der Waals surface area contributed by atoms with E-state index < -0.39 is 79.1 Å². The van der Waals surface area contributed by atoms with Gasteiger partial charge in [0.2, 0.25) is 17.5 Å². The van der Waals surface area contributed by atoms with Crippen LogP contribution in [0.15, 0.2) is 51.9 Å². The molecule has 5 N–H and O–H groups in total. The number of carbonyl (C=O) groups is 3. The van der Waals surface area contributed by atoms with Crippen LogP contribution in [-0.4, -0.2) is 86.4 Å². The van der Waals surface area contributed by atoms with Crippen molar-refractivity contribution in [3.05, 3.63) is 64.2 Å². The van der Waals surface area contributed by atoms with Gasteiger partial charge in [-0.2, -0.15) is 0 Å². The van der Waals surface area contributed by atoms with Crippen LogP contribution < -0.4 is 10.2 Å². The van der Waals surface area contributed by atoms with Gasteiger partial charge < -0.3 is 48.9 Å². The molecule has 1 unspecified atom stereocenters. The van der Waals surface area contributed by atoms with Crippen LogP contribution >= 0.6 is 0 Å². The van der Waals surface area contributed by atoms with Crippen LogP contribution in [0.2, 0.25) is 0 Å². The molecule has 1 saturated heterocycles. The van der Waals surface area contributed by atoms with Gasteiger partial charge in [0.15, 0.2) is 12.2 Å². The van der Waals surface area contributed by atoms with Gasteiger partial charge in [0, 0.05) is 12.1 Å². The molecule has 2 heterocycles. The third-order valence-electron chi connectivity index (χ3n) is 5.91. The van der Waals surface area contributed by atoms with E-state index in [9.17, 15) is 39.6 Å². The second-order valence-corrected chi connectivity index (χ2v) is 9.57. The number of aliphatic hydroxyl groups is 3. The Kier molecular flexibility index (Phi) is 10.2. The van der Waals surface area contributed by atoms with Gasteiger partial charge >= 0.3 is 17.9 Å². The minimum Gasteiger partial charge on any atom is -0.508 e. The third-order valence-corrected chi connectivity index (χ3v) is 5.91. The molecule has 14 nitrogen and oxygen atoms in total. The lowest BCUT2D eigenvalue weighted by molar-refractivity contribution is -0.282. The summed E-state index contributed by atoms with van der Waals surface area (Å²) in [5, 5.41) is 50.1. The quantitative estimate of drug-likeness (QED) is 0.178. The lowest BCUT2D eigenvalue weighted by atomic mass is 9.98. The normalized spacial score (nSPS) is 23.9. The second-order valence-electron chi connectivity index (χ2n) is 9.57. The second kappa shape index (κ2) is 13.4. The molecule has 0 amide bonds. The fourth-order valence-electron chi connectivity index (χ4n) is 3.88. The highest BCUT2D eigenvalue weighted by Gasteiger charge is 2.49. The highest BCUT2D eigenvalue weighted by atomic mass is 16.7. The Morgan fingerprint density at radius 2 is 1.76 bits per heavy atom. The SMILES string of the molecule is Cc1occc(=O)c1O[C@@H]1O[C@H](COC(=O)CC(C)(O)CC(=O)O)[C@@H](O)[C@H](OC(=O)/C=C/c2ccc(O)cc2)[C@H]1O. The third kappa shape index (κ3) is 8.88. The number of rotatable bonds is 11. The zero-order valence-electron chi connectivity index (χ0n) is 22.0. The van der Waals surface area contributed by atoms with Gasteiger partial charge in [-0.25, -0.2) is 4.79 Å². The van der Waals surface area contributed by atoms with E-state index >= 15 is 0 Å². The van der Waals surface area contributed by atoms with Crippen LogP contribution in [0.3, 0.4) is 0 Å². The first-order valence-corrected chi connectivity index (χ1v) is 12.3. The molecule has 0 spiro atoms. The number of esters is 2. The van der Waals surface area contributed by atoms with Crippen LogP contribution in [0.4, 0.5) is 0 Å². The average molecular weight is 579 g/mol. The fourth-order valence-corrected chi connectivity index (χ4v) is 3.88. The summed E-state index contributed by atoms with van der Waals surface area (Å²) >= 11 is 0. The summed E-state index contributed by atoms with van der Waals surface area (Å²) in [4.78, 5) is 48.0. The van der Waals surface area contributed by atoms with Crippen LogP contribution in [0.1, 0.15) is 31.1 Å². The first-order valence-electron chi connectivity index (χ1n) is 12.3. The first-order chi connectivity index (χ1) is 19.3. The van der Waals surface area contributed by atoms with Crippen LogP contribution in [-0.2, 0) is 28.6 Å². The van der Waals surface area contributed by atoms with E-state index in [1.807, 2.05) is 0 Å². The number of phenols is 1. The van der Waals surface area contributed by atoms with Gasteiger partial charge in [-0.05, 0) is 37.6 Å². The van der Waals surface area contributed by atoms with E-state index in [1.54, 1.807) is 0 Å². The van der Waals surface area contributed by atoms with E-state index in [2.05, 4.69) is 0 Å². The van der Waals surface area contributed by atoms with Gasteiger partial charge in [0.1, 0.15) is 30.3 Å². The molecule has 0 radical (unpaired) electrons. The van der Waals surface area contributed by atoms with Crippen molar-refractivity contribution in [3.8, 4) is 11.5 Å². The molecule has 1 fully saturated rings. The number of aliphatic carboxylic acids is 1. The van der Waals surface area contributed by atoms with Crippen molar-refractivity contribution in [2.75, 3.05) is 6.61 Å². The van der Waals surface area contributed by atoms with Gasteiger partial charge in [-0.1, -0.05) is 12.1 Å². The summed E-state index contributed by atoms with van der Waals surface area (Å²) in [5.74, 6) is -3.63. The molecule has 2 aromatic rings. The molecule has 0 aliphatic carbocycles. The first kappa shape index (κ1) is 31.3. The maximum atomic E-state index is 12.5. The largest absolute Gasteiger partial charge is 0.508 e. The Bertz CT molecular complexity index is 1310. The highest BCUT2D eigenvalue weighted by molar-refractivity contribution is 5.87. The number of carboxylic acids is 1. The van der Waals surface area contributed by atoms with Gasteiger partial charge in [0.25, 0.3) is 0 Å². The summed E-state index contributed by atoms with van der Waals surface area (Å²) in [6.07, 6.45) is -6.42. The maximum absolute atomic E-state index is 12.5. The molecule has 0 saturated carbocycles. The number of aryl methyl sites for hydroxylation is 1. The van der Waals surface area contributed by atoms with Gasteiger partial charge in [0.05, 0.1) is 24.7 Å². The molecule has 1 aliphatic heterocycles.